The molecule has 0 radical (unpaired) electrons. The molecule has 4 heteroatoms. The molecule has 1 nitrogen and oxygen atoms in total. The Morgan fingerprint density at radius 2 is 1.65 bits per heavy atom. The summed E-state index contributed by atoms with van der Waals surface area (Å²) < 4.78 is 1.09. The highest BCUT2D eigenvalue weighted by Gasteiger charge is 2.13. The van der Waals surface area contributed by atoms with E-state index >= 15 is 0 Å². The molecular weight excluding hydrogens is 357 g/mol. The number of hydrogen-bond acceptors (Lipinski definition) is 1. The predicted octanol–water partition coefficient (Wildman–Crippen LogP) is 6.55. The first kappa shape index (κ1) is 15.7. The van der Waals surface area contributed by atoms with E-state index in [9.17, 15) is 0 Å². The van der Waals surface area contributed by atoms with Gasteiger partial charge in [-0.05, 0) is 67.8 Å². The molecule has 2 aromatic carbocycles. The second kappa shape index (κ2) is 6.38. The van der Waals surface area contributed by atoms with Crippen LogP contribution in [-0.2, 0) is 0 Å². The molecule has 0 aromatic heterocycles. The van der Waals surface area contributed by atoms with E-state index in [1.165, 1.54) is 11.1 Å². The van der Waals surface area contributed by atoms with Crippen molar-refractivity contribution in [2.24, 2.45) is 0 Å². The van der Waals surface area contributed by atoms with E-state index in [-0.39, 0.29) is 6.04 Å². The van der Waals surface area contributed by atoms with E-state index in [4.69, 9.17) is 23.2 Å². The highest BCUT2D eigenvalue weighted by molar-refractivity contribution is 9.10. The lowest BCUT2D eigenvalue weighted by molar-refractivity contribution is 0.880. The number of aryl methyl sites for hydroxylation is 2. The molecule has 1 unspecified atom stereocenters. The average molecular weight is 373 g/mol. The predicted molar refractivity (Wildman–Crippen MR) is 92.1 cm³/mol. The van der Waals surface area contributed by atoms with E-state index in [1.807, 2.05) is 12.1 Å². The minimum absolute atomic E-state index is 0.0831. The maximum absolute atomic E-state index is 6.26. The Bertz CT molecular complexity index is 617. The first-order chi connectivity index (χ1) is 9.38. The van der Waals surface area contributed by atoms with Crippen molar-refractivity contribution in [3.63, 3.8) is 0 Å². The number of nitrogens with one attached hydrogen (secondary N) is 1. The van der Waals surface area contributed by atoms with Crippen molar-refractivity contribution < 1.29 is 0 Å². The quantitative estimate of drug-likeness (QED) is 0.644. The minimum Gasteiger partial charge on any atom is -0.378 e. The summed E-state index contributed by atoms with van der Waals surface area (Å²) >= 11 is 15.8. The van der Waals surface area contributed by atoms with Crippen LogP contribution in [0.15, 0.2) is 34.8 Å². The molecule has 20 heavy (non-hydrogen) atoms. The van der Waals surface area contributed by atoms with Gasteiger partial charge in [0.25, 0.3) is 0 Å². The Kier molecular flexibility index (Phi) is 5.00. The molecule has 106 valence electrons. The monoisotopic (exact) mass is 371 g/mol. The summed E-state index contributed by atoms with van der Waals surface area (Å²) in [7, 11) is 0. The lowest BCUT2D eigenvalue weighted by atomic mass is 10.0. The van der Waals surface area contributed by atoms with E-state index < -0.39 is 0 Å². The third-order valence-corrected chi connectivity index (χ3v) is 4.32. The topological polar surface area (TPSA) is 12.0 Å². The molecule has 0 heterocycles. The van der Waals surface area contributed by atoms with Gasteiger partial charge >= 0.3 is 0 Å². The van der Waals surface area contributed by atoms with Crippen LogP contribution in [0.25, 0.3) is 0 Å². The van der Waals surface area contributed by atoms with E-state index in [0.29, 0.717) is 5.02 Å². The summed E-state index contributed by atoms with van der Waals surface area (Å²) in [6, 6.07) is 9.82. The van der Waals surface area contributed by atoms with Crippen molar-refractivity contribution in [2.45, 2.75) is 26.8 Å². The van der Waals surface area contributed by atoms with Gasteiger partial charge in [-0.2, -0.15) is 0 Å². The Balaban J connectivity index is 2.32. The van der Waals surface area contributed by atoms with Crippen molar-refractivity contribution in [2.75, 3.05) is 5.32 Å². The molecule has 0 spiro atoms. The van der Waals surface area contributed by atoms with Gasteiger partial charge in [-0.3, -0.25) is 0 Å². The molecule has 0 saturated heterocycles. The lowest BCUT2D eigenvalue weighted by Gasteiger charge is -2.21. The summed E-state index contributed by atoms with van der Waals surface area (Å²) in [4.78, 5) is 0. The molecule has 0 aliphatic heterocycles. The van der Waals surface area contributed by atoms with Crippen LogP contribution in [0.5, 0.6) is 0 Å². The summed E-state index contributed by atoms with van der Waals surface area (Å²) in [5, 5.41) is 4.95. The van der Waals surface area contributed by atoms with Crippen molar-refractivity contribution in [1.82, 2.24) is 0 Å². The Morgan fingerprint density at radius 3 is 2.25 bits per heavy atom. The zero-order valence-electron chi connectivity index (χ0n) is 11.6. The smallest absolute Gasteiger partial charge is 0.0501 e. The van der Waals surface area contributed by atoms with Crippen molar-refractivity contribution in [3.8, 4) is 0 Å². The molecule has 0 aliphatic carbocycles. The highest BCUT2D eigenvalue weighted by Crippen LogP contribution is 2.32. The van der Waals surface area contributed by atoms with Gasteiger partial charge in [0.05, 0.1) is 6.04 Å². The van der Waals surface area contributed by atoms with Crippen LogP contribution in [0.3, 0.4) is 0 Å². The van der Waals surface area contributed by atoms with Crippen LogP contribution in [0.4, 0.5) is 5.69 Å². The van der Waals surface area contributed by atoms with Gasteiger partial charge in [0, 0.05) is 20.2 Å². The van der Waals surface area contributed by atoms with Gasteiger partial charge in [0.2, 0.25) is 0 Å². The number of halogens is 3. The second-order valence-electron chi connectivity index (χ2n) is 4.95. The van der Waals surface area contributed by atoms with E-state index in [1.54, 1.807) is 6.07 Å². The molecule has 0 amide bonds. The first-order valence-corrected chi connectivity index (χ1v) is 7.91. The van der Waals surface area contributed by atoms with Crippen LogP contribution < -0.4 is 5.32 Å². The fraction of sp³-hybridized carbons (Fsp3) is 0.250. The van der Waals surface area contributed by atoms with Gasteiger partial charge in [-0.25, -0.2) is 0 Å². The maximum Gasteiger partial charge on any atom is 0.0501 e. The molecule has 1 N–H and O–H groups in total. The summed E-state index contributed by atoms with van der Waals surface area (Å²) in [5.74, 6) is 0. The number of rotatable bonds is 3. The highest BCUT2D eigenvalue weighted by atomic mass is 79.9. The third kappa shape index (κ3) is 3.49. The normalized spacial score (nSPS) is 12.3. The zero-order chi connectivity index (χ0) is 14.9. The number of hydrogen-bond donors (Lipinski definition) is 1. The standard InChI is InChI=1S/C16H16BrCl2N/c1-9-6-12(17)7-10(2)16(9)20-11(3)14-8-13(18)4-5-15(14)19/h4-8,11,20H,1-3H3. The maximum atomic E-state index is 6.26. The van der Waals surface area contributed by atoms with Crippen LogP contribution in [-0.4, -0.2) is 0 Å². The average Bonchev–Trinajstić information content (AvgIpc) is 2.36. The van der Waals surface area contributed by atoms with Gasteiger partial charge in [0.15, 0.2) is 0 Å². The summed E-state index contributed by atoms with van der Waals surface area (Å²) in [6.07, 6.45) is 0. The van der Waals surface area contributed by atoms with Gasteiger partial charge in [-0.1, -0.05) is 39.1 Å². The molecule has 0 fully saturated rings. The molecule has 0 bridgehead atoms. The Morgan fingerprint density at radius 1 is 1.05 bits per heavy atom. The largest absolute Gasteiger partial charge is 0.378 e. The first-order valence-electron chi connectivity index (χ1n) is 6.36. The van der Waals surface area contributed by atoms with Crippen LogP contribution in [0.1, 0.15) is 29.7 Å². The minimum atomic E-state index is 0.0831. The fourth-order valence-electron chi connectivity index (χ4n) is 2.28. The van der Waals surface area contributed by atoms with E-state index in [2.05, 4.69) is 54.2 Å². The fourth-order valence-corrected chi connectivity index (χ4v) is 3.43. The van der Waals surface area contributed by atoms with Crippen molar-refractivity contribution in [1.29, 1.82) is 0 Å². The number of benzene rings is 2. The van der Waals surface area contributed by atoms with Crippen LogP contribution in [0.2, 0.25) is 10.0 Å². The number of anilines is 1. The van der Waals surface area contributed by atoms with Crippen molar-refractivity contribution >= 4 is 44.8 Å². The van der Waals surface area contributed by atoms with Gasteiger partial charge < -0.3 is 5.32 Å². The molecule has 2 aromatic rings. The lowest BCUT2D eigenvalue weighted by Crippen LogP contribution is -2.09. The second-order valence-corrected chi connectivity index (χ2v) is 6.71. The molecule has 2 rings (SSSR count). The van der Waals surface area contributed by atoms with Crippen molar-refractivity contribution in [3.05, 3.63) is 61.5 Å². The third-order valence-electron chi connectivity index (χ3n) is 3.28. The molecule has 0 saturated carbocycles. The Labute approximate surface area is 138 Å². The van der Waals surface area contributed by atoms with Gasteiger partial charge in [0.1, 0.15) is 0 Å². The van der Waals surface area contributed by atoms with Gasteiger partial charge in [-0.15, -0.1) is 0 Å². The molecule has 1 atom stereocenters. The van der Waals surface area contributed by atoms with E-state index in [0.717, 1.165) is 20.7 Å². The van der Waals surface area contributed by atoms with Crippen LogP contribution >= 0.6 is 39.1 Å². The molecular formula is C16H16BrCl2N. The summed E-state index contributed by atoms with van der Waals surface area (Å²) in [6.45, 7) is 6.26. The SMILES string of the molecule is Cc1cc(Br)cc(C)c1NC(C)c1cc(Cl)ccc1Cl. The van der Waals surface area contributed by atoms with Crippen LogP contribution in [0, 0.1) is 13.8 Å². The Hall–Kier alpha value is -0.700. The zero-order valence-corrected chi connectivity index (χ0v) is 14.7. The molecule has 0 aliphatic rings. The summed E-state index contributed by atoms with van der Waals surface area (Å²) in [5.41, 5.74) is 4.53.